The van der Waals surface area contributed by atoms with E-state index in [-0.39, 0.29) is 19.5 Å². The molecule has 0 aliphatic carbocycles. The molecule has 1 saturated heterocycles. The summed E-state index contributed by atoms with van der Waals surface area (Å²) in [6, 6.07) is 0. The molecule has 162 valence electrons. The number of hydrogen-bond acceptors (Lipinski definition) is 3. The van der Waals surface area contributed by atoms with E-state index in [0.29, 0.717) is 21.1 Å². The van der Waals surface area contributed by atoms with Crippen LogP contribution in [0, 0.1) is 14.9 Å². The van der Waals surface area contributed by atoms with Gasteiger partial charge in [-0.15, -0.1) is 4.67 Å². The van der Waals surface area contributed by atoms with Crippen molar-refractivity contribution in [1.29, 1.82) is 0 Å². The van der Waals surface area contributed by atoms with Crippen LogP contribution in [0.15, 0.2) is 0 Å². The molecule has 1 unspecified atom stereocenters. The van der Waals surface area contributed by atoms with Crippen molar-refractivity contribution >= 4 is 41.8 Å². The Morgan fingerprint density at radius 1 is 1.08 bits per heavy atom. The third-order valence-electron chi connectivity index (χ3n) is 3.26. The molecule has 1 atom stereocenters. The second-order valence-electron chi connectivity index (χ2n) is 4.42. The fraction of sp³-hybridized carbons (Fsp3) is 0.714. The summed E-state index contributed by atoms with van der Waals surface area (Å²) in [5, 5.41) is 0. The van der Waals surface area contributed by atoms with Gasteiger partial charge < -0.3 is 14.9 Å². The van der Waals surface area contributed by atoms with Crippen LogP contribution in [0.2, 0.25) is 0 Å². The molecule has 0 N–H and O–H groups in total. The van der Waals surface area contributed by atoms with E-state index in [1.807, 2.05) is 0 Å². The molecule has 0 spiro atoms. The second kappa shape index (κ2) is 11.4. The first-order valence-corrected chi connectivity index (χ1v) is 12.7. The fourth-order valence-electron chi connectivity index (χ4n) is 1.92. The first-order valence-electron chi connectivity index (χ1n) is 5.44. The van der Waals surface area contributed by atoms with E-state index in [1.165, 1.54) is 0 Å². The first kappa shape index (κ1) is 32.6. The molecule has 26 heavy (non-hydrogen) atoms. The van der Waals surface area contributed by atoms with E-state index in [0.717, 1.165) is 18.8 Å². The number of hydrogen-bond donors (Lipinski definition) is 0. The van der Waals surface area contributed by atoms with Gasteiger partial charge in [0.15, 0.2) is 15.6 Å². The minimum absolute atomic E-state index is 0. The molecule has 0 aromatic heterocycles. The number of halogens is 10. The number of nitrogens with zero attached hydrogens (tertiary/aromatic N) is 3. The molecule has 1 aliphatic heterocycles. The van der Waals surface area contributed by atoms with Gasteiger partial charge in [-0.3, -0.25) is 0 Å². The Morgan fingerprint density at radius 2 is 1.42 bits per heavy atom. The molecule has 0 aromatic carbocycles. The Morgan fingerprint density at radius 3 is 1.69 bits per heavy atom. The van der Waals surface area contributed by atoms with E-state index < -0.39 is 61.9 Å². The van der Waals surface area contributed by atoms with Crippen LogP contribution >= 0.6 is 41.8 Å². The van der Waals surface area contributed by atoms with Gasteiger partial charge >= 0.3 is 59.6 Å². The SMILES string of the molecule is CN(CC1([P+](F)(F)N(C)PF)[P+](F)(F)N(C)[P+]1(F)F)[PH+](F)F.[CH3-].[CH3-].[F][Rh+2]. The van der Waals surface area contributed by atoms with Crippen LogP contribution in [0.3, 0.4) is 0 Å². The molecular weight excluding hydrogens is 574 g/mol. The summed E-state index contributed by atoms with van der Waals surface area (Å²) in [5.74, 6) is 0. The summed E-state index contributed by atoms with van der Waals surface area (Å²) in [6.07, 6.45) is 0. The monoisotopic (exact) mass is 593 g/mol. The van der Waals surface area contributed by atoms with Crippen molar-refractivity contribution in [3.05, 3.63) is 14.9 Å². The summed E-state index contributed by atoms with van der Waals surface area (Å²) in [5.41, 5.74) is 0. The quantitative estimate of drug-likeness (QED) is 0.133. The average molecular weight is 593 g/mol. The van der Waals surface area contributed by atoms with Gasteiger partial charge in [0.05, 0.1) is 11.5 Å². The van der Waals surface area contributed by atoms with Crippen LogP contribution in [0.1, 0.15) is 0 Å². The van der Waals surface area contributed by atoms with Crippen molar-refractivity contribution < 1.29 is 59.9 Å². The third-order valence-corrected chi connectivity index (χ3v) is 16.1. The van der Waals surface area contributed by atoms with Crippen molar-refractivity contribution in [2.24, 2.45) is 0 Å². The second-order valence-corrected chi connectivity index (χ2v) is 15.3. The van der Waals surface area contributed by atoms with E-state index in [1.54, 1.807) is 0 Å². The summed E-state index contributed by atoms with van der Waals surface area (Å²) < 4.78 is 127. The third kappa shape index (κ3) is 4.81. The molecule has 1 fully saturated rings. The van der Waals surface area contributed by atoms with Gasteiger partial charge in [0, 0.05) is 39.3 Å². The predicted molar refractivity (Wildman–Crippen MR) is 92.2 cm³/mol. The van der Waals surface area contributed by atoms with Gasteiger partial charge in [0.1, 0.15) is 0 Å². The Labute approximate surface area is 162 Å². The van der Waals surface area contributed by atoms with Crippen molar-refractivity contribution in [2.75, 3.05) is 27.7 Å². The molecule has 0 radical (unpaired) electrons. The van der Waals surface area contributed by atoms with Crippen molar-refractivity contribution in [2.45, 2.75) is 4.64 Å². The van der Waals surface area contributed by atoms with Crippen LogP contribution in [0.4, 0.5) is 41.1 Å². The van der Waals surface area contributed by atoms with Crippen molar-refractivity contribution in [3.8, 4) is 0 Å². The van der Waals surface area contributed by atoms with Crippen LogP contribution in [-0.4, -0.2) is 45.9 Å². The van der Waals surface area contributed by atoms with Crippen molar-refractivity contribution in [3.63, 3.8) is 0 Å². The Bertz CT molecular complexity index is 420. The van der Waals surface area contributed by atoms with Crippen LogP contribution in [-0.2, 0) is 18.8 Å². The molecule has 1 aliphatic rings. The maximum absolute atomic E-state index is 14.3. The molecule has 0 aromatic rings. The molecule has 0 saturated carbocycles. The zero-order valence-corrected chi connectivity index (χ0v) is 20.3. The van der Waals surface area contributed by atoms with Crippen LogP contribution < -0.4 is 0 Å². The van der Waals surface area contributed by atoms with Crippen LogP contribution in [0.5, 0.6) is 0 Å². The van der Waals surface area contributed by atoms with E-state index >= 15 is 0 Å². The molecular formula is C7H19F10N3P5Rh+4. The minimum atomic E-state index is -6.37. The maximum atomic E-state index is 14.3. The van der Waals surface area contributed by atoms with Gasteiger partial charge in [-0.05, 0) is 8.39 Å². The van der Waals surface area contributed by atoms with Gasteiger partial charge in [0.2, 0.25) is 0 Å². The molecule has 0 bridgehead atoms. The molecule has 0 amide bonds. The Hall–Kier alpha value is 1.95. The standard InChI is InChI=1S/C5H12F9N3P5.2CH3.FH.Rh/c1-15(19(7)8)4-5(20(9,10)16(2)18-6)21(11,12)17(3)22(5,13)14;;;;/h18H,4H2,1-3H3;2*1H3;1H;/q+3;2*-1;;+3. The van der Waals surface area contributed by atoms with Crippen LogP contribution in [0.25, 0.3) is 0 Å². The molecule has 3 nitrogen and oxygen atoms in total. The van der Waals surface area contributed by atoms with E-state index in [2.05, 4.69) is 0 Å². The summed E-state index contributed by atoms with van der Waals surface area (Å²) in [7, 11) is -24.0. The summed E-state index contributed by atoms with van der Waals surface area (Å²) >= 11 is 1.05. The summed E-state index contributed by atoms with van der Waals surface area (Å²) in [4.78, 5) is 0. The first-order chi connectivity index (χ1) is 10.7. The fourth-order valence-corrected chi connectivity index (χ4v) is 14.4. The normalized spacial score (nSPS) is 21.1. The Balaban J connectivity index is -0.00000127. The van der Waals surface area contributed by atoms with E-state index in [4.69, 9.17) is 0 Å². The molecule has 1 rings (SSSR count). The zero-order chi connectivity index (χ0) is 19.7. The van der Waals surface area contributed by atoms with Gasteiger partial charge in [-0.1, -0.05) is 4.44 Å². The predicted octanol–water partition coefficient (Wildman–Crippen LogP) is 8.25. The molecule has 1 heterocycles. The number of rotatable bonds is 6. The summed E-state index contributed by atoms with van der Waals surface area (Å²) in [6.45, 7) is -1.85. The zero-order valence-electron chi connectivity index (χ0n) is 14.0. The van der Waals surface area contributed by atoms with Gasteiger partial charge in [0.25, 0.3) is 0 Å². The van der Waals surface area contributed by atoms with Gasteiger partial charge in [-0.2, -0.15) is 0 Å². The average Bonchev–Trinajstić information content (AvgIpc) is 2.51. The topological polar surface area (TPSA) is 9.72 Å². The van der Waals surface area contributed by atoms with Gasteiger partial charge in [-0.25, -0.2) is 4.20 Å². The van der Waals surface area contributed by atoms with E-state index in [9.17, 15) is 41.1 Å². The molecule has 19 heteroatoms. The Kier molecular flexibility index (Phi) is 14.3. The van der Waals surface area contributed by atoms with Crippen molar-refractivity contribution in [1.82, 2.24) is 13.6 Å².